The van der Waals surface area contributed by atoms with E-state index < -0.39 is 0 Å². The summed E-state index contributed by atoms with van der Waals surface area (Å²) in [6.07, 6.45) is 2.70. The van der Waals surface area contributed by atoms with Gasteiger partial charge in [-0.3, -0.25) is 0 Å². The first-order valence-corrected chi connectivity index (χ1v) is 6.67. The van der Waals surface area contributed by atoms with Crippen LogP contribution in [0.5, 0.6) is 0 Å². The summed E-state index contributed by atoms with van der Waals surface area (Å²) in [7, 11) is 0. The fourth-order valence-electron chi connectivity index (χ4n) is 3.54. The molecule has 1 aromatic carbocycles. The molecule has 0 N–H and O–H groups in total. The molecule has 1 aliphatic rings. The van der Waals surface area contributed by atoms with Gasteiger partial charge in [0.25, 0.3) is 0 Å². The zero-order chi connectivity index (χ0) is 11.8. The van der Waals surface area contributed by atoms with Crippen LogP contribution in [0.2, 0.25) is 0 Å². The van der Waals surface area contributed by atoms with E-state index in [1.54, 1.807) is 5.56 Å². The Morgan fingerprint density at radius 2 is 1.81 bits per heavy atom. The highest BCUT2D eigenvalue weighted by Crippen LogP contribution is 2.68. The van der Waals surface area contributed by atoms with E-state index in [4.69, 9.17) is 0 Å². The van der Waals surface area contributed by atoms with Gasteiger partial charge in [0.2, 0.25) is 0 Å². The van der Waals surface area contributed by atoms with Gasteiger partial charge >= 0.3 is 0 Å². The molecule has 0 heteroatoms. The zero-order valence-electron chi connectivity index (χ0n) is 11.0. The number of hydrogen-bond donors (Lipinski definition) is 0. The molecule has 3 atom stereocenters. The van der Waals surface area contributed by atoms with Gasteiger partial charge in [0, 0.05) is 0 Å². The van der Waals surface area contributed by atoms with Gasteiger partial charge in [0.05, 0.1) is 0 Å². The summed E-state index contributed by atoms with van der Waals surface area (Å²) in [5.41, 5.74) is 2.13. The van der Waals surface area contributed by atoms with Gasteiger partial charge < -0.3 is 0 Å². The Hall–Kier alpha value is -0.780. The van der Waals surface area contributed by atoms with Crippen LogP contribution in [0.4, 0.5) is 0 Å². The van der Waals surface area contributed by atoms with Crippen LogP contribution < -0.4 is 0 Å². The molecule has 0 spiro atoms. The first kappa shape index (κ1) is 11.7. The Kier molecular flexibility index (Phi) is 3.10. The maximum absolute atomic E-state index is 2.43. The second-order valence-corrected chi connectivity index (χ2v) is 5.74. The van der Waals surface area contributed by atoms with Crippen molar-refractivity contribution in [2.45, 2.75) is 46.5 Å². The molecule has 0 saturated heterocycles. The van der Waals surface area contributed by atoms with E-state index in [0.29, 0.717) is 5.41 Å². The summed E-state index contributed by atoms with van der Waals surface area (Å²) in [4.78, 5) is 0. The van der Waals surface area contributed by atoms with Crippen LogP contribution in [-0.2, 0) is 0 Å². The molecule has 0 nitrogen and oxygen atoms in total. The Morgan fingerprint density at radius 1 is 1.19 bits per heavy atom. The molecule has 1 fully saturated rings. The molecule has 16 heavy (non-hydrogen) atoms. The van der Waals surface area contributed by atoms with Gasteiger partial charge in [0.15, 0.2) is 0 Å². The zero-order valence-corrected chi connectivity index (χ0v) is 11.0. The largest absolute Gasteiger partial charge is 0.0651 e. The molecular formula is C16H24. The first-order chi connectivity index (χ1) is 7.63. The quantitative estimate of drug-likeness (QED) is 0.674. The lowest BCUT2D eigenvalue weighted by molar-refractivity contribution is 0.226. The van der Waals surface area contributed by atoms with Crippen LogP contribution in [-0.4, -0.2) is 0 Å². The lowest BCUT2D eigenvalue weighted by atomic mass is 9.76. The molecule has 0 aliphatic heterocycles. The molecule has 1 aromatic rings. The average molecular weight is 216 g/mol. The van der Waals surface area contributed by atoms with E-state index in [1.165, 1.54) is 12.8 Å². The standard InChI is InChI=1S/C16H24/c1-5-13(4)16(12(2)3)11-15(16)14-9-7-6-8-10-14/h6-10,12-13,15H,5,11H2,1-4H3/t13?,15-,16?/m1/s1. The average Bonchev–Trinajstić information content (AvgIpc) is 3.06. The lowest BCUT2D eigenvalue weighted by Crippen LogP contribution is -2.21. The number of rotatable bonds is 4. The van der Waals surface area contributed by atoms with Crippen molar-refractivity contribution in [3.63, 3.8) is 0 Å². The van der Waals surface area contributed by atoms with Crippen molar-refractivity contribution in [2.24, 2.45) is 17.3 Å². The van der Waals surface area contributed by atoms with Crippen molar-refractivity contribution in [1.82, 2.24) is 0 Å². The second-order valence-electron chi connectivity index (χ2n) is 5.74. The Bertz CT molecular complexity index is 338. The van der Waals surface area contributed by atoms with Crippen LogP contribution in [0.25, 0.3) is 0 Å². The normalized spacial score (nSPS) is 30.4. The van der Waals surface area contributed by atoms with Crippen molar-refractivity contribution in [3.8, 4) is 0 Å². The van der Waals surface area contributed by atoms with E-state index in [0.717, 1.165) is 17.8 Å². The van der Waals surface area contributed by atoms with E-state index in [1.807, 2.05) is 0 Å². The third-order valence-electron chi connectivity index (χ3n) is 4.85. The molecule has 0 amide bonds. The highest BCUT2D eigenvalue weighted by Gasteiger charge is 2.58. The van der Waals surface area contributed by atoms with E-state index in [-0.39, 0.29) is 0 Å². The first-order valence-electron chi connectivity index (χ1n) is 6.67. The summed E-state index contributed by atoms with van der Waals surface area (Å²) in [6, 6.07) is 11.1. The van der Waals surface area contributed by atoms with Crippen LogP contribution in [0.1, 0.15) is 52.0 Å². The Labute approximate surface area is 100 Å². The summed E-state index contributed by atoms with van der Waals surface area (Å²) in [6.45, 7) is 9.56. The molecule has 0 bridgehead atoms. The molecule has 0 aromatic heterocycles. The maximum Gasteiger partial charge on any atom is -0.00944 e. The Morgan fingerprint density at radius 3 is 2.31 bits per heavy atom. The van der Waals surface area contributed by atoms with Gasteiger partial charge in [-0.1, -0.05) is 64.4 Å². The van der Waals surface area contributed by atoms with Crippen LogP contribution in [0, 0.1) is 17.3 Å². The third kappa shape index (κ3) is 1.69. The van der Waals surface area contributed by atoms with Gasteiger partial charge in [-0.15, -0.1) is 0 Å². The fraction of sp³-hybridized carbons (Fsp3) is 0.625. The molecule has 2 unspecified atom stereocenters. The van der Waals surface area contributed by atoms with Crippen molar-refractivity contribution in [3.05, 3.63) is 35.9 Å². The van der Waals surface area contributed by atoms with E-state index >= 15 is 0 Å². The topological polar surface area (TPSA) is 0 Å². The molecular weight excluding hydrogens is 192 g/mol. The molecule has 0 radical (unpaired) electrons. The molecule has 2 rings (SSSR count). The van der Waals surface area contributed by atoms with Gasteiger partial charge in [0.1, 0.15) is 0 Å². The van der Waals surface area contributed by atoms with Gasteiger partial charge in [-0.2, -0.15) is 0 Å². The van der Waals surface area contributed by atoms with Crippen LogP contribution in [0.15, 0.2) is 30.3 Å². The lowest BCUT2D eigenvalue weighted by Gasteiger charge is -2.28. The summed E-state index contributed by atoms with van der Waals surface area (Å²) in [5, 5.41) is 0. The molecule has 0 heterocycles. The Balaban J connectivity index is 2.23. The van der Waals surface area contributed by atoms with Gasteiger partial charge in [-0.05, 0) is 35.2 Å². The minimum absolute atomic E-state index is 0.579. The SMILES string of the molecule is CCC(C)C1(C(C)C)C[C@@H]1c1ccccc1. The summed E-state index contributed by atoms with van der Waals surface area (Å²) >= 11 is 0. The van der Waals surface area contributed by atoms with Crippen LogP contribution in [0.3, 0.4) is 0 Å². The molecule has 1 saturated carbocycles. The van der Waals surface area contributed by atoms with E-state index in [9.17, 15) is 0 Å². The number of benzene rings is 1. The number of hydrogen-bond acceptors (Lipinski definition) is 0. The van der Waals surface area contributed by atoms with Crippen molar-refractivity contribution in [2.75, 3.05) is 0 Å². The van der Waals surface area contributed by atoms with Crippen LogP contribution >= 0.6 is 0 Å². The maximum atomic E-state index is 2.43. The minimum atomic E-state index is 0.579. The second kappa shape index (κ2) is 4.24. The monoisotopic (exact) mass is 216 g/mol. The predicted octanol–water partition coefficient (Wildman–Crippen LogP) is 4.86. The van der Waals surface area contributed by atoms with Gasteiger partial charge in [-0.25, -0.2) is 0 Å². The van der Waals surface area contributed by atoms with Crippen molar-refractivity contribution < 1.29 is 0 Å². The van der Waals surface area contributed by atoms with E-state index in [2.05, 4.69) is 58.0 Å². The highest BCUT2D eigenvalue weighted by molar-refractivity contribution is 5.30. The fourth-order valence-corrected chi connectivity index (χ4v) is 3.54. The summed E-state index contributed by atoms with van der Waals surface area (Å²) < 4.78 is 0. The smallest absolute Gasteiger partial charge is 0.00944 e. The third-order valence-corrected chi connectivity index (χ3v) is 4.85. The predicted molar refractivity (Wildman–Crippen MR) is 70.5 cm³/mol. The summed E-state index contributed by atoms with van der Waals surface area (Å²) in [5.74, 6) is 2.45. The highest BCUT2D eigenvalue weighted by atomic mass is 14.6. The molecule has 88 valence electrons. The van der Waals surface area contributed by atoms with Crippen molar-refractivity contribution >= 4 is 0 Å². The molecule has 1 aliphatic carbocycles. The van der Waals surface area contributed by atoms with Crippen molar-refractivity contribution in [1.29, 1.82) is 0 Å². The minimum Gasteiger partial charge on any atom is -0.0651 e.